The lowest BCUT2D eigenvalue weighted by molar-refractivity contribution is 0.316. The van der Waals surface area contributed by atoms with E-state index in [9.17, 15) is 0 Å². The molecule has 0 bridgehead atoms. The normalized spacial score (nSPS) is 11.3. The summed E-state index contributed by atoms with van der Waals surface area (Å²) in [5, 5.41) is 4.68. The number of hydrogen-bond acceptors (Lipinski definition) is 4. The molecule has 0 radical (unpaired) electrons. The molecule has 0 saturated heterocycles. The first-order valence-corrected chi connectivity index (χ1v) is 7.71. The van der Waals surface area contributed by atoms with Gasteiger partial charge in [-0.1, -0.05) is 43.7 Å². The fourth-order valence-electron chi connectivity index (χ4n) is 1.93. The summed E-state index contributed by atoms with van der Waals surface area (Å²) < 4.78 is 6.92. The summed E-state index contributed by atoms with van der Waals surface area (Å²) >= 11 is 7.93. The number of hydrogen-bond donors (Lipinski definition) is 1. The van der Waals surface area contributed by atoms with Crippen molar-refractivity contribution in [1.29, 1.82) is 0 Å². The van der Waals surface area contributed by atoms with Gasteiger partial charge in [0.15, 0.2) is 5.13 Å². The number of nitrogens with zero attached hydrogens (tertiary/aromatic N) is 1. The Morgan fingerprint density at radius 2 is 2.21 bits per heavy atom. The van der Waals surface area contributed by atoms with Crippen LogP contribution in [0.4, 0.5) is 5.13 Å². The molecule has 1 aromatic heterocycles. The molecule has 2 aromatic rings. The van der Waals surface area contributed by atoms with Crippen molar-refractivity contribution in [3.05, 3.63) is 16.7 Å². The van der Waals surface area contributed by atoms with Gasteiger partial charge in [-0.3, -0.25) is 0 Å². The highest BCUT2D eigenvalue weighted by Crippen LogP contribution is 2.42. The Hall–Kier alpha value is -1.00. The van der Waals surface area contributed by atoms with Crippen LogP contribution in [0.5, 0.6) is 5.75 Å². The number of halogens is 1. The van der Waals surface area contributed by atoms with Crippen molar-refractivity contribution >= 4 is 38.3 Å². The molecule has 0 saturated carbocycles. The van der Waals surface area contributed by atoms with Crippen LogP contribution >= 0.6 is 22.9 Å². The van der Waals surface area contributed by atoms with Gasteiger partial charge in [0.05, 0.1) is 16.3 Å². The molecule has 0 aliphatic carbocycles. The molecular formula is C14H19ClN2OS. The van der Waals surface area contributed by atoms with Crippen LogP contribution in [-0.2, 0) is 0 Å². The van der Waals surface area contributed by atoms with E-state index in [1.165, 1.54) is 0 Å². The third-order valence-corrected chi connectivity index (χ3v) is 4.41. The Morgan fingerprint density at radius 1 is 1.47 bits per heavy atom. The molecule has 3 nitrogen and oxygen atoms in total. The lowest BCUT2D eigenvalue weighted by Gasteiger charge is -2.15. The van der Waals surface area contributed by atoms with Crippen LogP contribution in [0.1, 0.15) is 38.7 Å². The average molecular weight is 299 g/mol. The predicted molar refractivity (Wildman–Crippen MR) is 84.1 cm³/mol. The Morgan fingerprint density at radius 3 is 2.79 bits per heavy atom. The van der Waals surface area contributed by atoms with Crippen molar-refractivity contribution in [3.63, 3.8) is 0 Å². The molecule has 5 heteroatoms. The molecule has 0 fully saturated rings. The van der Waals surface area contributed by atoms with Crippen LogP contribution in [-0.4, -0.2) is 18.6 Å². The molecule has 1 heterocycles. The van der Waals surface area contributed by atoms with Crippen LogP contribution < -0.4 is 10.1 Å². The summed E-state index contributed by atoms with van der Waals surface area (Å²) in [4.78, 5) is 4.59. The molecule has 19 heavy (non-hydrogen) atoms. The van der Waals surface area contributed by atoms with Crippen molar-refractivity contribution in [1.82, 2.24) is 4.98 Å². The second-order valence-corrected chi connectivity index (χ2v) is 6.13. The van der Waals surface area contributed by atoms with E-state index in [1.807, 2.05) is 13.1 Å². The number of rotatable bonds is 5. The molecule has 0 aliphatic rings. The summed E-state index contributed by atoms with van der Waals surface area (Å²) in [5.74, 6) is 1.24. The van der Waals surface area contributed by atoms with Gasteiger partial charge >= 0.3 is 0 Å². The standard InChI is InChI=1S/C14H19ClN2OS/c1-5-6-18-12-9(8(2)3)7-10(15)13-11(12)17-14(16-4)19-13/h7-8H,5-6H2,1-4H3,(H,16,17). The maximum absolute atomic E-state index is 6.37. The molecule has 1 aromatic carbocycles. The van der Waals surface area contributed by atoms with E-state index in [2.05, 4.69) is 31.1 Å². The smallest absolute Gasteiger partial charge is 0.183 e. The maximum atomic E-state index is 6.37. The molecule has 0 spiro atoms. The van der Waals surface area contributed by atoms with Crippen molar-refractivity contribution < 1.29 is 4.74 Å². The van der Waals surface area contributed by atoms with Crippen LogP contribution in [0.15, 0.2) is 6.07 Å². The highest BCUT2D eigenvalue weighted by molar-refractivity contribution is 7.22. The third-order valence-electron chi connectivity index (χ3n) is 2.89. The summed E-state index contributed by atoms with van der Waals surface area (Å²) in [7, 11) is 1.86. The first-order valence-electron chi connectivity index (χ1n) is 6.52. The predicted octanol–water partition coefficient (Wildman–Crippen LogP) is 4.90. The van der Waals surface area contributed by atoms with Crippen molar-refractivity contribution in [2.45, 2.75) is 33.1 Å². The largest absolute Gasteiger partial charge is 0.491 e. The molecule has 104 valence electrons. The van der Waals surface area contributed by atoms with Gasteiger partial charge in [-0.15, -0.1) is 0 Å². The van der Waals surface area contributed by atoms with Crippen LogP contribution in [0.3, 0.4) is 0 Å². The molecular weight excluding hydrogens is 280 g/mol. The number of nitrogens with one attached hydrogen (secondary N) is 1. The minimum absolute atomic E-state index is 0.355. The molecule has 1 N–H and O–H groups in total. The number of ether oxygens (including phenoxy) is 1. The highest BCUT2D eigenvalue weighted by atomic mass is 35.5. The van der Waals surface area contributed by atoms with Gasteiger partial charge in [-0.25, -0.2) is 4.98 Å². The monoisotopic (exact) mass is 298 g/mol. The van der Waals surface area contributed by atoms with Gasteiger partial charge in [0, 0.05) is 12.6 Å². The Kier molecular flexibility index (Phi) is 4.53. The fraction of sp³-hybridized carbons (Fsp3) is 0.500. The fourth-order valence-corrected chi connectivity index (χ4v) is 3.08. The van der Waals surface area contributed by atoms with Crippen molar-refractivity contribution in [3.8, 4) is 5.75 Å². The number of aromatic nitrogens is 1. The SMILES string of the molecule is CCCOc1c(C(C)C)cc(Cl)c2sc(NC)nc12. The topological polar surface area (TPSA) is 34.1 Å². The number of fused-ring (bicyclic) bond motifs is 1. The molecule has 0 aliphatic heterocycles. The van der Waals surface area contributed by atoms with Crippen LogP contribution in [0.2, 0.25) is 5.02 Å². The first kappa shape index (κ1) is 14.4. The quantitative estimate of drug-likeness (QED) is 0.852. The minimum atomic E-state index is 0.355. The molecule has 0 unspecified atom stereocenters. The Balaban J connectivity index is 2.65. The van der Waals surface area contributed by atoms with E-state index in [4.69, 9.17) is 16.3 Å². The summed E-state index contributed by atoms with van der Waals surface area (Å²) in [5.41, 5.74) is 2.00. The summed E-state index contributed by atoms with van der Waals surface area (Å²) in [6.45, 7) is 7.08. The number of anilines is 1. The molecule has 2 rings (SSSR count). The third kappa shape index (κ3) is 2.79. The lowest BCUT2D eigenvalue weighted by atomic mass is 10.0. The average Bonchev–Trinajstić information content (AvgIpc) is 2.82. The first-order chi connectivity index (χ1) is 9.08. The van der Waals surface area contributed by atoms with E-state index in [1.54, 1.807) is 11.3 Å². The second-order valence-electron chi connectivity index (χ2n) is 4.73. The highest BCUT2D eigenvalue weighted by Gasteiger charge is 2.18. The minimum Gasteiger partial charge on any atom is -0.491 e. The Labute approximate surface area is 122 Å². The van der Waals surface area contributed by atoms with E-state index in [0.29, 0.717) is 12.5 Å². The van der Waals surface area contributed by atoms with Crippen LogP contribution in [0, 0.1) is 0 Å². The van der Waals surface area contributed by atoms with Crippen molar-refractivity contribution in [2.75, 3.05) is 19.0 Å². The zero-order valence-electron chi connectivity index (χ0n) is 11.7. The van der Waals surface area contributed by atoms with E-state index in [-0.39, 0.29) is 0 Å². The van der Waals surface area contributed by atoms with Gasteiger partial charge in [0.2, 0.25) is 0 Å². The molecule has 0 amide bonds. The molecule has 0 atom stereocenters. The lowest BCUT2D eigenvalue weighted by Crippen LogP contribution is -2.01. The second kappa shape index (κ2) is 5.97. The van der Waals surface area contributed by atoms with Gasteiger partial charge in [0.1, 0.15) is 11.3 Å². The van der Waals surface area contributed by atoms with Gasteiger partial charge in [-0.2, -0.15) is 0 Å². The van der Waals surface area contributed by atoms with Gasteiger partial charge in [-0.05, 0) is 18.4 Å². The summed E-state index contributed by atoms with van der Waals surface area (Å²) in [6, 6.07) is 2.01. The number of thiazole rings is 1. The van der Waals surface area contributed by atoms with Crippen LogP contribution in [0.25, 0.3) is 10.2 Å². The summed E-state index contributed by atoms with van der Waals surface area (Å²) in [6.07, 6.45) is 0.977. The van der Waals surface area contributed by atoms with E-state index in [0.717, 1.165) is 38.1 Å². The maximum Gasteiger partial charge on any atom is 0.183 e. The van der Waals surface area contributed by atoms with E-state index < -0.39 is 0 Å². The zero-order valence-corrected chi connectivity index (χ0v) is 13.3. The zero-order chi connectivity index (χ0) is 14.0. The number of benzene rings is 1. The Bertz CT molecular complexity index is 580. The van der Waals surface area contributed by atoms with Gasteiger partial charge in [0.25, 0.3) is 0 Å². The van der Waals surface area contributed by atoms with E-state index >= 15 is 0 Å². The van der Waals surface area contributed by atoms with Gasteiger partial charge < -0.3 is 10.1 Å². The van der Waals surface area contributed by atoms with Crippen molar-refractivity contribution in [2.24, 2.45) is 0 Å².